The van der Waals surface area contributed by atoms with Crippen LogP contribution in [0.4, 0.5) is 0 Å². The zero-order valence-corrected chi connectivity index (χ0v) is 18.3. The predicted octanol–water partition coefficient (Wildman–Crippen LogP) is 3.73. The maximum absolute atomic E-state index is 12.5. The van der Waals surface area contributed by atoms with Gasteiger partial charge in [0.25, 0.3) is 5.91 Å². The molecule has 0 unspecified atom stereocenters. The number of aromatic nitrogens is 2. The minimum atomic E-state index is -0.794. The average molecular weight is 421 g/mol. The number of carbonyl (C=O) groups excluding carboxylic acids is 2. The standard InChI is InChI=1S/C24H28N4O3/c1-18-21(19(2)28(26-18)20-10-6-4-7-11-20)12-13-23(30)31-16-22(29)27(3)24(17-25)14-8-5-9-15-24/h4,6-7,10-13H,5,8-9,14-16H2,1-3H3/b13-12+. The highest BCUT2D eigenvalue weighted by Crippen LogP contribution is 2.32. The zero-order valence-electron chi connectivity index (χ0n) is 18.3. The number of esters is 1. The summed E-state index contributed by atoms with van der Waals surface area (Å²) in [7, 11) is 1.62. The number of hydrogen-bond donors (Lipinski definition) is 0. The Kier molecular flexibility index (Phi) is 6.91. The third kappa shape index (κ3) is 4.85. The molecule has 0 atom stereocenters. The van der Waals surface area contributed by atoms with Crippen LogP contribution in [-0.2, 0) is 14.3 Å². The van der Waals surface area contributed by atoms with Gasteiger partial charge < -0.3 is 9.64 Å². The zero-order chi connectivity index (χ0) is 22.4. The smallest absolute Gasteiger partial charge is 0.331 e. The molecule has 1 saturated carbocycles. The Morgan fingerprint density at radius 2 is 1.90 bits per heavy atom. The van der Waals surface area contributed by atoms with Gasteiger partial charge in [-0.05, 0) is 44.9 Å². The molecule has 0 saturated heterocycles. The largest absolute Gasteiger partial charge is 0.452 e. The van der Waals surface area contributed by atoms with Crippen LogP contribution >= 0.6 is 0 Å². The Hall–Kier alpha value is -3.40. The van der Waals surface area contributed by atoms with E-state index in [1.54, 1.807) is 13.1 Å². The highest BCUT2D eigenvalue weighted by Gasteiger charge is 2.38. The molecule has 0 N–H and O–H groups in total. The lowest BCUT2D eigenvalue weighted by Gasteiger charge is -2.38. The number of aryl methyl sites for hydroxylation is 1. The molecule has 1 aliphatic carbocycles. The van der Waals surface area contributed by atoms with E-state index in [9.17, 15) is 14.9 Å². The van der Waals surface area contributed by atoms with Crippen LogP contribution < -0.4 is 0 Å². The number of para-hydroxylation sites is 1. The molecular formula is C24H28N4O3. The Morgan fingerprint density at radius 1 is 1.23 bits per heavy atom. The van der Waals surface area contributed by atoms with Gasteiger partial charge in [0.15, 0.2) is 6.61 Å². The molecule has 0 spiro atoms. The number of nitriles is 1. The highest BCUT2D eigenvalue weighted by molar-refractivity contribution is 5.89. The monoisotopic (exact) mass is 420 g/mol. The number of rotatable bonds is 6. The van der Waals surface area contributed by atoms with Gasteiger partial charge in [0.05, 0.1) is 17.5 Å². The van der Waals surface area contributed by atoms with E-state index < -0.39 is 11.5 Å². The number of ether oxygens (including phenoxy) is 1. The quantitative estimate of drug-likeness (QED) is 0.525. The van der Waals surface area contributed by atoms with Crippen molar-refractivity contribution in [2.24, 2.45) is 0 Å². The molecule has 2 aromatic rings. The summed E-state index contributed by atoms with van der Waals surface area (Å²) in [6.07, 6.45) is 7.19. The lowest BCUT2D eigenvalue weighted by molar-refractivity contribution is -0.150. The Balaban J connectivity index is 1.62. The van der Waals surface area contributed by atoms with Gasteiger partial charge in [0.2, 0.25) is 0 Å². The van der Waals surface area contributed by atoms with Gasteiger partial charge in [-0.15, -0.1) is 0 Å². The lowest BCUT2D eigenvalue weighted by Crippen LogP contribution is -2.51. The summed E-state index contributed by atoms with van der Waals surface area (Å²) < 4.78 is 6.97. The topological polar surface area (TPSA) is 88.2 Å². The van der Waals surface area contributed by atoms with Gasteiger partial charge in [-0.2, -0.15) is 10.4 Å². The number of carbonyl (C=O) groups is 2. The third-order valence-corrected chi connectivity index (χ3v) is 5.98. The van der Waals surface area contributed by atoms with Crippen molar-refractivity contribution in [3.05, 3.63) is 53.4 Å². The molecule has 3 rings (SSSR count). The van der Waals surface area contributed by atoms with Crippen LogP contribution in [-0.4, -0.2) is 45.8 Å². The van der Waals surface area contributed by atoms with Crippen LogP contribution in [0.5, 0.6) is 0 Å². The molecule has 1 aliphatic rings. The first-order valence-corrected chi connectivity index (χ1v) is 10.5. The lowest BCUT2D eigenvalue weighted by atomic mass is 9.81. The van der Waals surface area contributed by atoms with Gasteiger partial charge in [0.1, 0.15) is 5.54 Å². The van der Waals surface area contributed by atoms with E-state index in [1.165, 1.54) is 11.0 Å². The summed E-state index contributed by atoms with van der Waals surface area (Å²) in [5, 5.41) is 14.2. The second-order valence-electron chi connectivity index (χ2n) is 7.93. The van der Waals surface area contributed by atoms with Crippen LogP contribution in [0.3, 0.4) is 0 Å². The van der Waals surface area contributed by atoms with Gasteiger partial charge in [-0.3, -0.25) is 4.79 Å². The van der Waals surface area contributed by atoms with E-state index in [4.69, 9.17) is 4.74 Å². The minimum absolute atomic E-state index is 0.366. The fourth-order valence-electron chi connectivity index (χ4n) is 4.04. The molecule has 1 heterocycles. The molecule has 0 aliphatic heterocycles. The summed E-state index contributed by atoms with van der Waals surface area (Å²) in [5.41, 5.74) is 2.66. The maximum Gasteiger partial charge on any atom is 0.331 e. The second-order valence-corrected chi connectivity index (χ2v) is 7.93. The molecule has 0 bridgehead atoms. The number of hydrogen-bond acceptors (Lipinski definition) is 5. The molecule has 1 aromatic heterocycles. The van der Waals surface area contributed by atoms with E-state index >= 15 is 0 Å². The first-order valence-electron chi connectivity index (χ1n) is 10.5. The van der Waals surface area contributed by atoms with Gasteiger partial charge in [0, 0.05) is 24.4 Å². The maximum atomic E-state index is 12.5. The fraction of sp³-hybridized carbons (Fsp3) is 0.417. The van der Waals surface area contributed by atoms with Crippen molar-refractivity contribution in [2.75, 3.05) is 13.7 Å². The number of benzene rings is 1. The van der Waals surface area contributed by atoms with Crippen molar-refractivity contribution >= 4 is 18.0 Å². The SMILES string of the molecule is Cc1nn(-c2ccccc2)c(C)c1/C=C/C(=O)OCC(=O)N(C)C1(C#N)CCCCC1. The minimum Gasteiger partial charge on any atom is -0.452 e. The second kappa shape index (κ2) is 9.61. The van der Waals surface area contributed by atoms with Crippen molar-refractivity contribution in [3.63, 3.8) is 0 Å². The van der Waals surface area contributed by atoms with Crippen LogP contribution in [0.15, 0.2) is 36.4 Å². The van der Waals surface area contributed by atoms with Crippen LogP contribution in [0.25, 0.3) is 11.8 Å². The van der Waals surface area contributed by atoms with Crippen LogP contribution in [0, 0.1) is 25.2 Å². The summed E-state index contributed by atoms with van der Waals surface area (Å²) in [6, 6.07) is 12.0. The van der Waals surface area contributed by atoms with Crippen molar-refractivity contribution in [3.8, 4) is 11.8 Å². The first-order chi connectivity index (χ1) is 14.9. The number of amides is 1. The van der Waals surface area contributed by atoms with E-state index in [0.29, 0.717) is 12.8 Å². The average Bonchev–Trinajstić information content (AvgIpc) is 3.09. The van der Waals surface area contributed by atoms with E-state index in [1.807, 2.05) is 48.9 Å². The molecule has 1 aromatic carbocycles. The predicted molar refractivity (Wildman–Crippen MR) is 117 cm³/mol. The summed E-state index contributed by atoms with van der Waals surface area (Å²) in [6.45, 7) is 3.42. The first kappa shape index (κ1) is 22.3. The molecule has 1 amide bonds. The fourth-order valence-corrected chi connectivity index (χ4v) is 4.04. The third-order valence-electron chi connectivity index (χ3n) is 5.98. The summed E-state index contributed by atoms with van der Waals surface area (Å²) >= 11 is 0. The Labute approximate surface area is 182 Å². The van der Waals surface area contributed by atoms with Gasteiger partial charge in [-0.1, -0.05) is 37.5 Å². The summed E-state index contributed by atoms with van der Waals surface area (Å²) in [5.74, 6) is -0.975. The van der Waals surface area contributed by atoms with Gasteiger partial charge in [-0.25, -0.2) is 9.48 Å². The Bertz CT molecular complexity index is 1010. The summed E-state index contributed by atoms with van der Waals surface area (Å²) in [4.78, 5) is 26.2. The normalized spacial score (nSPS) is 15.4. The van der Waals surface area contributed by atoms with Crippen LogP contribution in [0.1, 0.15) is 49.1 Å². The van der Waals surface area contributed by atoms with Crippen molar-refractivity contribution in [2.45, 2.75) is 51.5 Å². The molecule has 1 fully saturated rings. The molecule has 7 nitrogen and oxygen atoms in total. The van der Waals surface area contributed by atoms with E-state index in [2.05, 4.69) is 11.2 Å². The molecule has 162 valence electrons. The van der Waals surface area contributed by atoms with E-state index in [0.717, 1.165) is 41.9 Å². The van der Waals surface area contributed by atoms with Crippen LogP contribution in [0.2, 0.25) is 0 Å². The van der Waals surface area contributed by atoms with Crippen molar-refractivity contribution in [1.82, 2.24) is 14.7 Å². The molecule has 31 heavy (non-hydrogen) atoms. The molecule has 0 radical (unpaired) electrons. The van der Waals surface area contributed by atoms with Gasteiger partial charge >= 0.3 is 5.97 Å². The molecular weight excluding hydrogens is 392 g/mol. The van der Waals surface area contributed by atoms with Crippen molar-refractivity contribution in [1.29, 1.82) is 5.26 Å². The highest BCUT2D eigenvalue weighted by atomic mass is 16.5. The number of nitrogens with zero attached hydrogens (tertiary/aromatic N) is 4. The number of likely N-dealkylation sites (N-methyl/N-ethyl adjacent to an activating group) is 1. The van der Waals surface area contributed by atoms with E-state index in [-0.39, 0.29) is 12.5 Å². The van der Waals surface area contributed by atoms with Crippen molar-refractivity contribution < 1.29 is 14.3 Å². The Morgan fingerprint density at radius 3 is 2.55 bits per heavy atom. The molecule has 7 heteroatoms.